The van der Waals surface area contributed by atoms with Crippen LogP contribution in [-0.2, 0) is 10.0 Å². The van der Waals surface area contributed by atoms with Crippen LogP contribution in [-0.4, -0.2) is 36.8 Å². The fraction of sp³-hybridized carbons (Fsp3) is 0.333. The zero-order chi connectivity index (χ0) is 15.3. The molecule has 9 heteroatoms. The number of rotatable bonds is 7. The zero-order valence-electron chi connectivity index (χ0n) is 11.7. The number of anilines is 1. The van der Waals surface area contributed by atoms with Crippen molar-refractivity contribution in [2.45, 2.75) is 18.7 Å². The van der Waals surface area contributed by atoms with Crippen molar-refractivity contribution >= 4 is 16.0 Å². The third kappa shape index (κ3) is 3.85. The Balaban J connectivity index is 2.13. The Labute approximate surface area is 122 Å². The minimum absolute atomic E-state index is 0.00710. The van der Waals surface area contributed by atoms with Gasteiger partial charge in [-0.1, -0.05) is 0 Å². The molecule has 2 aromatic rings. The lowest BCUT2D eigenvalue weighted by molar-refractivity contribution is 0.314. The van der Waals surface area contributed by atoms with Gasteiger partial charge in [0.25, 0.3) is 10.0 Å². The molecule has 0 unspecified atom stereocenters. The molecule has 0 amide bonds. The topological polar surface area (TPSA) is 106 Å². The van der Waals surface area contributed by atoms with Gasteiger partial charge in [0, 0.05) is 0 Å². The van der Waals surface area contributed by atoms with Crippen LogP contribution in [0.2, 0.25) is 0 Å². The molecule has 0 saturated heterocycles. The van der Waals surface area contributed by atoms with E-state index in [1.165, 1.54) is 12.1 Å². The predicted molar refractivity (Wildman–Crippen MR) is 76.0 cm³/mol. The van der Waals surface area contributed by atoms with E-state index < -0.39 is 10.0 Å². The normalized spacial score (nSPS) is 11.1. The molecule has 1 aromatic heterocycles. The summed E-state index contributed by atoms with van der Waals surface area (Å²) in [5.74, 6) is 0.599. The first-order chi connectivity index (χ1) is 10.0. The monoisotopic (exact) mass is 312 g/mol. The third-order valence-corrected chi connectivity index (χ3v) is 3.77. The molecule has 0 fully saturated rings. The zero-order valence-corrected chi connectivity index (χ0v) is 12.5. The highest BCUT2D eigenvalue weighted by atomic mass is 32.2. The number of hydrogen-bond acceptors (Lipinski definition) is 6. The van der Waals surface area contributed by atoms with E-state index in [9.17, 15) is 8.42 Å². The summed E-state index contributed by atoms with van der Waals surface area (Å²) < 4.78 is 36.9. The van der Waals surface area contributed by atoms with E-state index >= 15 is 0 Å². The Kier molecular flexibility index (Phi) is 4.63. The van der Waals surface area contributed by atoms with Crippen molar-refractivity contribution in [3.63, 3.8) is 0 Å². The van der Waals surface area contributed by atoms with Crippen molar-refractivity contribution in [3.8, 4) is 11.8 Å². The SMILES string of the molecule is CCOc1ccc(S(=O)(=O)Nc2nc(OCC)n[nH]2)cc1. The Morgan fingerprint density at radius 2 is 1.81 bits per heavy atom. The second-order valence-electron chi connectivity index (χ2n) is 3.91. The second kappa shape index (κ2) is 6.44. The summed E-state index contributed by atoms with van der Waals surface area (Å²) in [6.45, 7) is 4.54. The molecule has 0 aliphatic heterocycles. The quantitative estimate of drug-likeness (QED) is 0.800. The molecule has 0 spiro atoms. The fourth-order valence-electron chi connectivity index (χ4n) is 1.55. The van der Waals surface area contributed by atoms with Crippen LogP contribution >= 0.6 is 0 Å². The van der Waals surface area contributed by atoms with Crippen LogP contribution in [0.5, 0.6) is 11.8 Å². The van der Waals surface area contributed by atoms with E-state index in [0.29, 0.717) is 19.0 Å². The summed E-state index contributed by atoms with van der Waals surface area (Å²) in [6, 6.07) is 6.16. The molecular weight excluding hydrogens is 296 g/mol. The maximum Gasteiger partial charge on any atom is 0.337 e. The lowest BCUT2D eigenvalue weighted by Gasteiger charge is -2.06. The number of nitrogens with one attached hydrogen (secondary N) is 2. The minimum Gasteiger partial charge on any atom is -0.494 e. The van der Waals surface area contributed by atoms with Gasteiger partial charge in [-0.05, 0) is 38.1 Å². The van der Waals surface area contributed by atoms with Crippen LogP contribution in [0.4, 0.5) is 5.95 Å². The first kappa shape index (κ1) is 15.1. The lowest BCUT2D eigenvalue weighted by Crippen LogP contribution is -2.14. The van der Waals surface area contributed by atoms with Crippen molar-refractivity contribution in [2.75, 3.05) is 17.9 Å². The molecule has 0 atom stereocenters. The van der Waals surface area contributed by atoms with Gasteiger partial charge in [-0.3, -0.25) is 0 Å². The molecule has 1 heterocycles. The van der Waals surface area contributed by atoms with Gasteiger partial charge in [-0.25, -0.2) is 18.2 Å². The average molecular weight is 312 g/mol. The molecular formula is C12H16N4O4S. The van der Waals surface area contributed by atoms with Gasteiger partial charge in [-0.15, -0.1) is 5.10 Å². The highest BCUT2D eigenvalue weighted by Gasteiger charge is 2.16. The number of aromatic amines is 1. The first-order valence-corrected chi connectivity index (χ1v) is 7.84. The third-order valence-electron chi connectivity index (χ3n) is 2.41. The first-order valence-electron chi connectivity index (χ1n) is 6.36. The van der Waals surface area contributed by atoms with Crippen molar-refractivity contribution in [1.29, 1.82) is 0 Å². The molecule has 2 N–H and O–H groups in total. The van der Waals surface area contributed by atoms with E-state index in [0.717, 1.165) is 0 Å². The lowest BCUT2D eigenvalue weighted by atomic mass is 10.3. The average Bonchev–Trinajstić information content (AvgIpc) is 2.87. The Morgan fingerprint density at radius 1 is 1.14 bits per heavy atom. The largest absolute Gasteiger partial charge is 0.494 e. The van der Waals surface area contributed by atoms with Crippen LogP contribution in [0.15, 0.2) is 29.2 Å². The van der Waals surface area contributed by atoms with Gasteiger partial charge >= 0.3 is 6.01 Å². The van der Waals surface area contributed by atoms with E-state index in [2.05, 4.69) is 19.9 Å². The molecule has 0 aliphatic carbocycles. The maximum atomic E-state index is 12.2. The van der Waals surface area contributed by atoms with Crippen LogP contribution in [0.25, 0.3) is 0 Å². The molecule has 0 saturated carbocycles. The van der Waals surface area contributed by atoms with Crippen LogP contribution < -0.4 is 14.2 Å². The van der Waals surface area contributed by atoms with E-state index in [1.54, 1.807) is 19.1 Å². The van der Waals surface area contributed by atoms with Crippen LogP contribution in [0.3, 0.4) is 0 Å². The molecule has 1 aromatic carbocycles. The van der Waals surface area contributed by atoms with Gasteiger partial charge in [0.2, 0.25) is 5.95 Å². The summed E-state index contributed by atoms with van der Waals surface area (Å²) in [5, 5.41) is 6.16. The molecule has 8 nitrogen and oxygen atoms in total. The molecule has 21 heavy (non-hydrogen) atoms. The number of hydrogen-bond donors (Lipinski definition) is 2. The highest BCUT2D eigenvalue weighted by Crippen LogP contribution is 2.18. The highest BCUT2D eigenvalue weighted by molar-refractivity contribution is 7.92. The fourth-order valence-corrected chi connectivity index (χ4v) is 2.51. The van der Waals surface area contributed by atoms with Crippen molar-refractivity contribution < 1.29 is 17.9 Å². The van der Waals surface area contributed by atoms with Crippen molar-refractivity contribution in [3.05, 3.63) is 24.3 Å². The molecule has 0 aliphatic rings. The van der Waals surface area contributed by atoms with Crippen molar-refractivity contribution in [1.82, 2.24) is 15.2 Å². The Hall–Kier alpha value is -2.29. The Morgan fingerprint density at radius 3 is 2.43 bits per heavy atom. The van der Waals surface area contributed by atoms with Crippen LogP contribution in [0, 0.1) is 0 Å². The minimum atomic E-state index is -3.74. The molecule has 0 bridgehead atoms. The molecule has 114 valence electrons. The molecule has 0 radical (unpaired) electrons. The maximum absolute atomic E-state index is 12.2. The summed E-state index contributed by atoms with van der Waals surface area (Å²) in [7, 11) is -3.74. The predicted octanol–water partition coefficient (Wildman–Crippen LogP) is 1.40. The summed E-state index contributed by atoms with van der Waals surface area (Å²) in [4.78, 5) is 3.95. The van der Waals surface area contributed by atoms with Gasteiger partial charge < -0.3 is 9.47 Å². The van der Waals surface area contributed by atoms with Gasteiger partial charge in [0.1, 0.15) is 5.75 Å². The number of sulfonamides is 1. The number of ether oxygens (including phenoxy) is 2. The standard InChI is InChI=1S/C12H16N4O4S/c1-3-19-9-5-7-10(8-6-9)21(17,18)16-11-13-12(15-14-11)20-4-2/h5-8H,3-4H2,1-2H3,(H2,13,14,15,16). The van der Waals surface area contributed by atoms with Crippen LogP contribution in [0.1, 0.15) is 13.8 Å². The van der Waals surface area contributed by atoms with Crippen molar-refractivity contribution in [2.24, 2.45) is 0 Å². The smallest absolute Gasteiger partial charge is 0.337 e. The number of aromatic nitrogens is 3. The van der Waals surface area contributed by atoms with Gasteiger partial charge in [-0.2, -0.15) is 4.98 Å². The summed E-state index contributed by atoms with van der Waals surface area (Å²) in [6.07, 6.45) is 0. The summed E-state index contributed by atoms with van der Waals surface area (Å²) >= 11 is 0. The summed E-state index contributed by atoms with van der Waals surface area (Å²) in [5.41, 5.74) is 0. The van der Waals surface area contributed by atoms with E-state index in [1.807, 2.05) is 6.92 Å². The van der Waals surface area contributed by atoms with Gasteiger partial charge in [0.15, 0.2) is 0 Å². The number of H-pyrrole nitrogens is 1. The van der Waals surface area contributed by atoms with E-state index in [4.69, 9.17) is 9.47 Å². The second-order valence-corrected chi connectivity index (χ2v) is 5.59. The number of nitrogens with zero attached hydrogens (tertiary/aromatic N) is 2. The number of benzene rings is 1. The Bertz CT molecular complexity index is 682. The molecule has 2 rings (SSSR count). The van der Waals surface area contributed by atoms with Gasteiger partial charge in [0.05, 0.1) is 18.1 Å². The van der Waals surface area contributed by atoms with E-state index in [-0.39, 0.29) is 16.9 Å².